The third-order valence-corrected chi connectivity index (χ3v) is 5.00. The van der Waals surface area contributed by atoms with E-state index in [1.54, 1.807) is 11.3 Å². The molecule has 1 aliphatic carbocycles. The summed E-state index contributed by atoms with van der Waals surface area (Å²) in [5.41, 5.74) is 1.92. The van der Waals surface area contributed by atoms with E-state index in [1.165, 1.54) is 29.7 Å². The molecule has 1 amide bonds. The number of aryl methyl sites for hydroxylation is 1. The van der Waals surface area contributed by atoms with E-state index in [0.29, 0.717) is 6.42 Å². The van der Waals surface area contributed by atoms with Crippen LogP contribution in [0.15, 0.2) is 0 Å². The third-order valence-electron chi connectivity index (χ3n) is 3.79. The maximum Gasteiger partial charge on any atom is 0.225 e. The second-order valence-corrected chi connectivity index (χ2v) is 6.49. The first-order chi connectivity index (χ1) is 9.76. The Labute approximate surface area is 125 Å². The van der Waals surface area contributed by atoms with Gasteiger partial charge in [-0.15, -0.1) is 11.3 Å². The van der Waals surface area contributed by atoms with E-state index in [9.17, 15) is 10.1 Å². The van der Waals surface area contributed by atoms with Crippen molar-refractivity contribution in [3.05, 3.63) is 16.0 Å². The van der Waals surface area contributed by atoms with Crippen molar-refractivity contribution in [2.75, 3.05) is 5.32 Å². The van der Waals surface area contributed by atoms with Crippen LogP contribution in [0, 0.1) is 11.3 Å². The number of rotatable bonds is 4. The van der Waals surface area contributed by atoms with Crippen LogP contribution in [0.3, 0.4) is 0 Å². The fourth-order valence-corrected chi connectivity index (χ4v) is 3.91. The summed E-state index contributed by atoms with van der Waals surface area (Å²) in [6.07, 6.45) is 9.38. The van der Waals surface area contributed by atoms with Crippen molar-refractivity contribution in [3.8, 4) is 6.07 Å². The Morgan fingerprint density at radius 1 is 1.30 bits per heavy atom. The van der Waals surface area contributed by atoms with E-state index < -0.39 is 0 Å². The Morgan fingerprint density at radius 3 is 2.75 bits per heavy atom. The van der Waals surface area contributed by atoms with Crippen molar-refractivity contribution in [2.45, 2.75) is 64.7 Å². The van der Waals surface area contributed by atoms with Gasteiger partial charge in [0.05, 0.1) is 5.56 Å². The lowest BCUT2D eigenvalue weighted by atomic mass is 9.97. The molecule has 2 rings (SSSR count). The number of nitriles is 1. The second-order valence-electron chi connectivity index (χ2n) is 5.39. The predicted molar refractivity (Wildman–Crippen MR) is 83.1 cm³/mol. The van der Waals surface area contributed by atoms with E-state index >= 15 is 0 Å². The first-order valence-corrected chi connectivity index (χ1v) is 8.42. The Balaban J connectivity index is 2.18. The minimum atomic E-state index is 0.0394. The SMILES string of the molecule is CCCCC(=O)Nc1sc2c(c1C#N)CCCCCC2. The van der Waals surface area contributed by atoms with E-state index in [4.69, 9.17) is 0 Å². The minimum Gasteiger partial charge on any atom is -0.317 e. The van der Waals surface area contributed by atoms with Gasteiger partial charge in [-0.05, 0) is 37.7 Å². The highest BCUT2D eigenvalue weighted by Crippen LogP contribution is 2.36. The average molecular weight is 290 g/mol. The van der Waals surface area contributed by atoms with Gasteiger partial charge in [0, 0.05) is 11.3 Å². The van der Waals surface area contributed by atoms with Crippen LogP contribution in [0.5, 0.6) is 0 Å². The van der Waals surface area contributed by atoms with Crippen LogP contribution < -0.4 is 5.32 Å². The maximum absolute atomic E-state index is 11.9. The Kier molecular flexibility index (Phi) is 5.60. The fourth-order valence-electron chi connectivity index (χ4n) is 2.65. The molecule has 0 aliphatic heterocycles. The molecule has 4 heteroatoms. The molecular formula is C16H22N2OS. The van der Waals surface area contributed by atoms with E-state index in [1.807, 2.05) is 0 Å². The topological polar surface area (TPSA) is 52.9 Å². The lowest BCUT2D eigenvalue weighted by molar-refractivity contribution is -0.116. The fraction of sp³-hybridized carbons (Fsp3) is 0.625. The molecule has 1 heterocycles. The first kappa shape index (κ1) is 15.1. The van der Waals surface area contributed by atoms with Gasteiger partial charge in [0.2, 0.25) is 5.91 Å². The van der Waals surface area contributed by atoms with Crippen molar-refractivity contribution < 1.29 is 4.79 Å². The van der Waals surface area contributed by atoms with Crippen LogP contribution >= 0.6 is 11.3 Å². The molecule has 0 unspecified atom stereocenters. The number of hydrogen-bond acceptors (Lipinski definition) is 3. The van der Waals surface area contributed by atoms with Crippen LogP contribution in [-0.4, -0.2) is 5.91 Å². The lowest BCUT2D eigenvalue weighted by Gasteiger charge is -2.08. The molecule has 1 N–H and O–H groups in total. The van der Waals surface area contributed by atoms with Crippen molar-refractivity contribution >= 4 is 22.2 Å². The van der Waals surface area contributed by atoms with Crippen molar-refractivity contribution in [1.82, 2.24) is 0 Å². The smallest absolute Gasteiger partial charge is 0.225 e. The molecule has 0 saturated carbocycles. The highest BCUT2D eigenvalue weighted by molar-refractivity contribution is 7.16. The van der Waals surface area contributed by atoms with Crippen molar-refractivity contribution in [3.63, 3.8) is 0 Å². The summed E-state index contributed by atoms with van der Waals surface area (Å²) in [6, 6.07) is 2.31. The number of unbranched alkanes of at least 4 members (excludes halogenated alkanes) is 1. The average Bonchev–Trinajstić information content (AvgIpc) is 2.72. The largest absolute Gasteiger partial charge is 0.317 e. The molecule has 3 nitrogen and oxygen atoms in total. The monoisotopic (exact) mass is 290 g/mol. The number of fused-ring (bicyclic) bond motifs is 1. The van der Waals surface area contributed by atoms with Crippen LogP contribution in [0.2, 0.25) is 0 Å². The van der Waals surface area contributed by atoms with E-state index in [-0.39, 0.29) is 5.91 Å². The van der Waals surface area contributed by atoms with Crippen LogP contribution in [0.25, 0.3) is 0 Å². The van der Waals surface area contributed by atoms with E-state index in [2.05, 4.69) is 18.3 Å². The van der Waals surface area contributed by atoms with Gasteiger partial charge in [-0.3, -0.25) is 4.79 Å². The Bertz CT molecular complexity index is 513. The van der Waals surface area contributed by atoms with Gasteiger partial charge in [0.1, 0.15) is 11.1 Å². The van der Waals surface area contributed by atoms with Gasteiger partial charge >= 0.3 is 0 Å². The molecule has 0 fully saturated rings. The molecule has 0 radical (unpaired) electrons. The molecule has 1 aromatic rings. The molecule has 0 atom stereocenters. The van der Waals surface area contributed by atoms with Gasteiger partial charge < -0.3 is 5.32 Å². The Morgan fingerprint density at radius 2 is 2.05 bits per heavy atom. The number of hydrogen-bond donors (Lipinski definition) is 1. The van der Waals surface area contributed by atoms with Crippen LogP contribution in [0.4, 0.5) is 5.00 Å². The number of thiophene rings is 1. The summed E-state index contributed by atoms with van der Waals surface area (Å²) >= 11 is 1.62. The number of nitrogens with one attached hydrogen (secondary N) is 1. The summed E-state index contributed by atoms with van der Waals surface area (Å²) in [7, 11) is 0. The van der Waals surface area contributed by atoms with E-state index in [0.717, 1.165) is 42.7 Å². The van der Waals surface area contributed by atoms with Gasteiger partial charge in [-0.1, -0.05) is 26.2 Å². The normalized spacial score (nSPS) is 14.8. The third kappa shape index (κ3) is 3.61. The number of nitrogens with zero attached hydrogens (tertiary/aromatic N) is 1. The number of carbonyl (C=O) groups is 1. The van der Waals surface area contributed by atoms with Gasteiger partial charge in [0.15, 0.2) is 0 Å². The summed E-state index contributed by atoms with van der Waals surface area (Å²) in [5, 5.41) is 13.1. The summed E-state index contributed by atoms with van der Waals surface area (Å²) in [5.74, 6) is 0.0394. The molecule has 1 aliphatic rings. The first-order valence-electron chi connectivity index (χ1n) is 7.60. The number of amides is 1. The molecular weight excluding hydrogens is 268 g/mol. The Hall–Kier alpha value is -1.34. The van der Waals surface area contributed by atoms with Crippen molar-refractivity contribution in [1.29, 1.82) is 5.26 Å². The van der Waals surface area contributed by atoms with Crippen molar-refractivity contribution in [2.24, 2.45) is 0 Å². The highest BCUT2D eigenvalue weighted by Gasteiger charge is 2.20. The molecule has 0 spiro atoms. The zero-order chi connectivity index (χ0) is 14.4. The summed E-state index contributed by atoms with van der Waals surface area (Å²) < 4.78 is 0. The standard InChI is InChI=1S/C16H22N2OS/c1-2-3-10-15(19)18-16-13(11-17)12-8-6-4-5-7-9-14(12)20-16/h2-10H2,1H3,(H,18,19). The molecule has 108 valence electrons. The lowest BCUT2D eigenvalue weighted by Crippen LogP contribution is -2.10. The zero-order valence-corrected chi connectivity index (χ0v) is 12.9. The quantitative estimate of drug-likeness (QED) is 0.893. The van der Waals surface area contributed by atoms with Crippen LogP contribution in [-0.2, 0) is 17.6 Å². The van der Waals surface area contributed by atoms with Gasteiger partial charge in [0.25, 0.3) is 0 Å². The highest BCUT2D eigenvalue weighted by atomic mass is 32.1. The molecule has 0 aromatic carbocycles. The number of carbonyl (C=O) groups excluding carboxylic acids is 1. The minimum absolute atomic E-state index is 0.0394. The second kappa shape index (κ2) is 7.44. The molecule has 1 aromatic heterocycles. The maximum atomic E-state index is 11.9. The molecule has 0 saturated heterocycles. The molecule has 20 heavy (non-hydrogen) atoms. The summed E-state index contributed by atoms with van der Waals surface area (Å²) in [4.78, 5) is 13.2. The number of anilines is 1. The predicted octanol–water partition coefficient (Wildman–Crippen LogP) is 4.41. The van der Waals surface area contributed by atoms with Gasteiger partial charge in [-0.2, -0.15) is 5.26 Å². The zero-order valence-electron chi connectivity index (χ0n) is 12.1. The van der Waals surface area contributed by atoms with Crippen LogP contribution in [0.1, 0.15) is 67.9 Å². The molecule has 0 bridgehead atoms. The van der Waals surface area contributed by atoms with Gasteiger partial charge in [-0.25, -0.2) is 0 Å². The summed E-state index contributed by atoms with van der Waals surface area (Å²) in [6.45, 7) is 2.07.